The molecule has 0 aromatic heterocycles. The molecule has 0 saturated heterocycles. The fourth-order valence-corrected chi connectivity index (χ4v) is 5.29. The van der Waals surface area contributed by atoms with Crippen molar-refractivity contribution in [3.05, 3.63) is 108 Å². The topological polar surface area (TPSA) is 41.5 Å². The molecule has 0 aliphatic rings. The third-order valence-corrected chi connectivity index (χ3v) is 11.8. The predicted molar refractivity (Wildman–Crippen MR) is 146 cm³/mol. The number of aliphatic hydroxyl groups is 1. The van der Waals surface area contributed by atoms with Crippen LogP contribution in [0.1, 0.15) is 50.3 Å². The van der Waals surface area contributed by atoms with Gasteiger partial charge in [-0.25, -0.2) is 0 Å². The number of nitrogens with one attached hydrogen (secondary N) is 1. The highest BCUT2D eigenvalue weighted by atomic mass is 28.4. The molecule has 0 amide bonds. The highest BCUT2D eigenvalue weighted by Crippen LogP contribution is 2.38. The highest BCUT2D eigenvalue weighted by molar-refractivity contribution is 6.74. The smallest absolute Gasteiger partial charge is 0.191 e. The van der Waals surface area contributed by atoms with Gasteiger partial charge in [-0.2, -0.15) is 0 Å². The Labute approximate surface area is 207 Å². The lowest BCUT2D eigenvalue weighted by Crippen LogP contribution is -2.51. The van der Waals surface area contributed by atoms with E-state index in [1.807, 2.05) is 18.2 Å². The van der Waals surface area contributed by atoms with Crippen LogP contribution in [-0.2, 0) is 9.96 Å². The maximum Gasteiger partial charge on any atom is 0.191 e. The molecule has 1 unspecified atom stereocenters. The number of rotatable bonds is 11. The summed E-state index contributed by atoms with van der Waals surface area (Å²) in [5.41, 5.74) is 2.90. The first-order chi connectivity index (χ1) is 16.2. The Morgan fingerprint density at radius 3 is 1.53 bits per heavy atom. The first-order valence-corrected chi connectivity index (χ1v) is 15.3. The molecule has 4 heteroatoms. The second kappa shape index (κ2) is 11.5. The molecule has 0 fully saturated rings. The Bertz CT molecular complexity index is 888. The highest BCUT2D eigenvalue weighted by Gasteiger charge is 2.39. The number of hydrogen-bond acceptors (Lipinski definition) is 3. The van der Waals surface area contributed by atoms with Crippen LogP contribution in [0.3, 0.4) is 0 Å². The van der Waals surface area contributed by atoms with Crippen molar-refractivity contribution in [2.24, 2.45) is 0 Å². The Balaban J connectivity index is 1.91. The number of hydrogen-bond donors (Lipinski definition) is 2. The lowest BCUT2D eigenvalue weighted by Gasteiger charge is -2.40. The molecule has 0 bridgehead atoms. The Hall–Kier alpha value is -2.24. The minimum Gasteiger partial charge on any atom is -0.417 e. The normalized spacial score (nSPS) is 13.6. The molecule has 3 aromatic carbocycles. The maximum absolute atomic E-state index is 10.4. The molecular formula is C30H41NO2Si. The van der Waals surface area contributed by atoms with E-state index in [1.54, 1.807) is 0 Å². The molecule has 0 heterocycles. The van der Waals surface area contributed by atoms with E-state index >= 15 is 0 Å². The first kappa shape index (κ1) is 26.4. The van der Waals surface area contributed by atoms with E-state index in [9.17, 15) is 5.11 Å². The Kier molecular flexibility index (Phi) is 8.88. The van der Waals surface area contributed by atoms with Crippen LogP contribution in [0, 0.1) is 0 Å². The molecule has 2 N–H and O–H groups in total. The lowest BCUT2D eigenvalue weighted by molar-refractivity contribution is 0.200. The molecule has 3 rings (SSSR count). The molecule has 0 spiro atoms. The monoisotopic (exact) mass is 475 g/mol. The van der Waals surface area contributed by atoms with Gasteiger partial charge in [0.15, 0.2) is 8.32 Å². The Morgan fingerprint density at radius 1 is 0.765 bits per heavy atom. The first-order valence-electron chi connectivity index (χ1n) is 12.4. The average Bonchev–Trinajstić information content (AvgIpc) is 2.85. The lowest BCUT2D eigenvalue weighted by atomic mass is 9.76. The van der Waals surface area contributed by atoms with Crippen molar-refractivity contribution in [2.45, 2.75) is 63.3 Å². The van der Waals surface area contributed by atoms with Gasteiger partial charge in [0.2, 0.25) is 0 Å². The fourth-order valence-electron chi connectivity index (χ4n) is 4.20. The van der Waals surface area contributed by atoms with E-state index in [2.05, 4.69) is 112 Å². The summed E-state index contributed by atoms with van der Waals surface area (Å²) in [5.74, 6) is 0. The van der Waals surface area contributed by atoms with Crippen LogP contribution in [0.15, 0.2) is 91.0 Å². The largest absolute Gasteiger partial charge is 0.417 e. The molecule has 0 saturated carbocycles. The van der Waals surface area contributed by atoms with Gasteiger partial charge in [-0.1, -0.05) is 112 Å². The molecule has 0 aliphatic carbocycles. The molecule has 34 heavy (non-hydrogen) atoms. The second-order valence-electron chi connectivity index (χ2n) is 10.6. The third-order valence-electron chi connectivity index (χ3n) is 7.23. The minimum atomic E-state index is -1.77. The second-order valence-corrected chi connectivity index (χ2v) is 15.4. The standard InChI is InChI=1S/C30H41NO2Si/c1-29(2,3)34(4,5)33-23-15-22-28(24-32)31-30(25-16-9-6-10-17-25,26-18-11-7-12-19-26)27-20-13-8-14-21-27/h6-14,16-21,28,31-32H,15,22-24H2,1-5H3. The molecular weight excluding hydrogens is 434 g/mol. The van der Waals surface area contributed by atoms with Crippen molar-refractivity contribution in [1.29, 1.82) is 0 Å². The molecule has 3 aromatic rings. The Morgan fingerprint density at radius 2 is 1.18 bits per heavy atom. The predicted octanol–water partition coefficient (Wildman–Crippen LogP) is 6.73. The van der Waals surface area contributed by atoms with Crippen molar-refractivity contribution < 1.29 is 9.53 Å². The van der Waals surface area contributed by atoms with Gasteiger partial charge in [0.25, 0.3) is 0 Å². The fraction of sp³-hybridized carbons (Fsp3) is 0.400. The summed E-state index contributed by atoms with van der Waals surface area (Å²) < 4.78 is 6.40. The molecule has 3 nitrogen and oxygen atoms in total. The summed E-state index contributed by atoms with van der Waals surface area (Å²) in [7, 11) is -1.77. The summed E-state index contributed by atoms with van der Waals surface area (Å²) in [6.45, 7) is 12.2. The van der Waals surface area contributed by atoms with E-state index < -0.39 is 13.9 Å². The summed E-state index contributed by atoms with van der Waals surface area (Å²) >= 11 is 0. The minimum absolute atomic E-state index is 0.0638. The van der Waals surface area contributed by atoms with Crippen LogP contribution in [0.25, 0.3) is 0 Å². The van der Waals surface area contributed by atoms with E-state index in [0.717, 1.165) is 36.1 Å². The maximum atomic E-state index is 10.4. The quantitative estimate of drug-likeness (QED) is 0.183. The van der Waals surface area contributed by atoms with Crippen LogP contribution in [0.5, 0.6) is 0 Å². The molecule has 182 valence electrons. The van der Waals surface area contributed by atoms with Crippen LogP contribution in [0.4, 0.5) is 0 Å². The van der Waals surface area contributed by atoms with Crippen molar-refractivity contribution >= 4 is 8.32 Å². The summed E-state index contributed by atoms with van der Waals surface area (Å²) in [6.07, 6.45) is 1.73. The van der Waals surface area contributed by atoms with Gasteiger partial charge < -0.3 is 9.53 Å². The van der Waals surface area contributed by atoms with Crippen molar-refractivity contribution in [2.75, 3.05) is 13.2 Å². The summed E-state index contributed by atoms with van der Waals surface area (Å²) in [6, 6.07) is 31.6. The van der Waals surface area contributed by atoms with Crippen molar-refractivity contribution in [3.8, 4) is 0 Å². The van der Waals surface area contributed by atoms with Crippen LogP contribution in [0.2, 0.25) is 18.1 Å². The molecule has 0 aliphatic heterocycles. The van der Waals surface area contributed by atoms with Crippen LogP contribution < -0.4 is 5.32 Å². The van der Waals surface area contributed by atoms with E-state index in [-0.39, 0.29) is 17.7 Å². The van der Waals surface area contributed by atoms with E-state index in [4.69, 9.17) is 4.43 Å². The number of benzene rings is 3. The third kappa shape index (κ3) is 6.05. The SMILES string of the molecule is CC(C)(C)[Si](C)(C)OCCCC(CO)NC(c1ccccc1)(c1ccccc1)c1ccccc1. The van der Waals surface area contributed by atoms with Gasteiger partial charge in [0.1, 0.15) is 0 Å². The van der Waals surface area contributed by atoms with Gasteiger partial charge in [-0.3, -0.25) is 5.32 Å². The zero-order chi connectivity index (χ0) is 24.7. The average molecular weight is 476 g/mol. The van der Waals surface area contributed by atoms with Crippen molar-refractivity contribution in [3.63, 3.8) is 0 Å². The zero-order valence-corrected chi connectivity index (χ0v) is 22.4. The molecule has 0 radical (unpaired) electrons. The van der Waals surface area contributed by atoms with Gasteiger partial charge in [0, 0.05) is 12.6 Å². The van der Waals surface area contributed by atoms with Crippen LogP contribution >= 0.6 is 0 Å². The van der Waals surface area contributed by atoms with Crippen molar-refractivity contribution in [1.82, 2.24) is 5.32 Å². The summed E-state index contributed by atoms with van der Waals surface area (Å²) in [4.78, 5) is 0. The van der Waals surface area contributed by atoms with Gasteiger partial charge >= 0.3 is 0 Å². The van der Waals surface area contributed by atoms with Gasteiger partial charge in [-0.05, 0) is 47.7 Å². The molecule has 1 atom stereocenters. The summed E-state index contributed by atoms with van der Waals surface area (Å²) in [5, 5.41) is 14.5. The van der Waals surface area contributed by atoms with Gasteiger partial charge in [0.05, 0.1) is 12.1 Å². The van der Waals surface area contributed by atoms with E-state index in [0.29, 0.717) is 0 Å². The van der Waals surface area contributed by atoms with Crippen LogP contribution in [-0.4, -0.2) is 32.7 Å². The van der Waals surface area contributed by atoms with E-state index in [1.165, 1.54) is 0 Å². The van der Waals surface area contributed by atoms with Gasteiger partial charge in [-0.15, -0.1) is 0 Å². The zero-order valence-electron chi connectivity index (χ0n) is 21.4. The number of aliphatic hydroxyl groups excluding tert-OH is 1.